The lowest BCUT2D eigenvalue weighted by Gasteiger charge is -2.22. The van der Waals surface area contributed by atoms with Crippen LogP contribution in [0.2, 0.25) is 5.02 Å². The lowest BCUT2D eigenvalue weighted by Crippen LogP contribution is -2.29. The van der Waals surface area contributed by atoms with Gasteiger partial charge in [0.05, 0.1) is 17.0 Å². The van der Waals surface area contributed by atoms with Gasteiger partial charge in [0.2, 0.25) is 10.9 Å². The zero-order valence-electron chi connectivity index (χ0n) is 15.6. The molecule has 0 radical (unpaired) electrons. The number of carbonyl (C=O) groups is 1. The van der Waals surface area contributed by atoms with Gasteiger partial charge in [-0.05, 0) is 42.3 Å². The number of aryl methyl sites for hydroxylation is 1. The summed E-state index contributed by atoms with van der Waals surface area (Å²) in [6.07, 6.45) is 0.650. The molecule has 30 heavy (non-hydrogen) atoms. The van der Waals surface area contributed by atoms with Gasteiger partial charge in [0.25, 0.3) is 5.91 Å². The van der Waals surface area contributed by atoms with Crippen molar-refractivity contribution in [1.82, 2.24) is 10.2 Å². The van der Waals surface area contributed by atoms with Crippen LogP contribution in [0.5, 0.6) is 0 Å². The third-order valence-electron chi connectivity index (χ3n) is 4.96. The Morgan fingerprint density at radius 1 is 1.20 bits per heavy atom. The van der Waals surface area contributed by atoms with Crippen LogP contribution in [-0.4, -0.2) is 16.1 Å². The number of rotatable bonds is 3. The number of carbonyl (C=O) groups excluding carboxylic acids is 1. The molecule has 150 valence electrons. The Morgan fingerprint density at radius 2 is 2.03 bits per heavy atom. The number of aromatic nitrogens is 2. The number of amides is 1. The van der Waals surface area contributed by atoms with Gasteiger partial charge >= 0.3 is 0 Å². The Balaban J connectivity index is 1.82. The van der Waals surface area contributed by atoms with Crippen LogP contribution in [0.25, 0.3) is 11.0 Å². The molecule has 9 heteroatoms. The summed E-state index contributed by atoms with van der Waals surface area (Å²) in [5.41, 5.74) is 0.430. The van der Waals surface area contributed by atoms with E-state index in [0.29, 0.717) is 22.1 Å². The van der Waals surface area contributed by atoms with Gasteiger partial charge in [0, 0.05) is 5.02 Å². The van der Waals surface area contributed by atoms with E-state index in [4.69, 9.17) is 16.0 Å². The minimum Gasteiger partial charge on any atom is -0.450 e. The number of benzene rings is 2. The number of anilines is 1. The molecule has 0 unspecified atom stereocenters. The SMILES string of the molecule is CCc1nnc(N2C(=O)c3oc4ccc(Cl)cc4c(=O)c3[C@@H]2c2cccc(F)c2)s1. The molecule has 6 nitrogen and oxygen atoms in total. The molecule has 3 heterocycles. The van der Waals surface area contributed by atoms with Crippen LogP contribution in [0.15, 0.2) is 51.7 Å². The Hall–Kier alpha value is -3.10. The summed E-state index contributed by atoms with van der Waals surface area (Å²) >= 11 is 7.31. The summed E-state index contributed by atoms with van der Waals surface area (Å²) in [5, 5.41) is 9.90. The van der Waals surface area contributed by atoms with E-state index in [1.54, 1.807) is 18.2 Å². The first-order chi connectivity index (χ1) is 14.5. The Kier molecular flexibility index (Phi) is 4.41. The molecule has 0 bridgehead atoms. The fourth-order valence-corrected chi connectivity index (χ4v) is 4.60. The van der Waals surface area contributed by atoms with E-state index in [1.807, 2.05) is 6.92 Å². The minimum atomic E-state index is -0.888. The third kappa shape index (κ3) is 2.83. The highest BCUT2D eigenvalue weighted by Gasteiger charge is 2.45. The molecule has 0 N–H and O–H groups in total. The van der Waals surface area contributed by atoms with Gasteiger partial charge in [-0.3, -0.25) is 14.5 Å². The molecule has 0 aliphatic carbocycles. The van der Waals surface area contributed by atoms with Crippen molar-refractivity contribution in [3.05, 3.63) is 85.4 Å². The zero-order valence-corrected chi connectivity index (χ0v) is 17.1. The van der Waals surface area contributed by atoms with Crippen LogP contribution in [0.4, 0.5) is 9.52 Å². The molecule has 0 spiro atoms. The van der Waals surface area contributed by atoms with Crippen molar-refractivity contribution < 1.29 is 13.6 Å². The topological polar surface area (TPSA) is 76.3 Å². The average Bonchev–Trinajstić information content (AvgIpc) is 3.31. The first-order valence-electron chi connectivity index (χ1n) is 9.15. The van der Waals surface area contributed by atoms with Gasteiger partial charge in [-0.15, -0.1) is 10.2 Å². The van der Waals surface area contributed by atoms with E-state index < -0.39 is 17.8 Å². The normalized spacial score (nSPS) is 15.8. The van der Waals surface area contributed by atoms with Gasteiger partial charge in [-0.1, -0.05) is 42.0 Å². The zero-order chi connectivity index (χ0) is 21.0. The molecule has 1 atom stereocenters. The van der Waals surface area contributed by atoms with Crippen molar-refractivity contribution in [2.45, 2.75) is 19.4 Å². The average molecular weight is 442 g/mol. The summed E-state index contributed by atoms with van der Waals surface area (Å²) in [5.74, 6) is -1.09. The van der Waals surface area contributed by atoms with E-state index in [2.05, 4.69) is 10.2 Å². The maximum atomic E-state index is 14.0. The molecule has 5 rings (SSSR count). The van der Waals surface area contributed by atoms with Crippen molar-refractivity contribution in [1.29, 1.82) is 0 Å². The lowest BCUT2D eigenvalue weighted by atomic mass is 9.98. The quantitative estimate of drug-likeness (QED) is 0.458. The first kappa shape index (κ1) is 18.9. The molecule has 0 fully saturated rings. The van der Waals surface area contributed by atoms with Crippen molar-refractivity contribution in [2.24, 2.45) is 0 Å². The van der Waals surface area contributed by atoms with Crippen LogP contribution in [-0.2, 0) is 6.42 Å². The van der Waals surface area contributed by atoms with Crippen molar-refractivity contribution in [3.8, 4) is 0 Å². The highest BCUT2D eigenvalue weighted by atomic mass is 35.5. The molecule has 1 amide bonds. The minimum absolute atomic E-state index is 0.0858. The first-order valence-corrected chi connectivity index (χ1v) is 10.3. The van der Waals surface area contributed by atoms with E-state index in [9.17, 15) is 14.0 Å². The smallest absolute Gasteiger partial charge is 0.297 e. The van der Waals surface area contributed by atoms with Gasteiger partial charge in [0.1, 0.15) is 16.4 Å². The standard InChI is InChI=1S/C21H13ClFN3O3S/c1-2-15-24-25-21(30-15)26-17(10-4-3-5-12(23)8-10)16-18(27)13-9-11(22)6-7-14(13)29-19(16)20(26)28/h3-9,17H,2H2,1H3/t17-/m0/s1. The largest absolute Gasteiger partial charge is 0.450 e. The second-order valence-corrected chi connectivity index (χ2v) is 8.26. The number of hydrogen-bond acceptors (Lipinski definition) is 6. The number of fused-ring (bicyclic) bond motifs is 2. The van der Waals surface area contributed by atoms with Gasteiger partial charge < -0.3 is 4.42 Å². The fraction of sp³-hybridized carbons (Fsp3) is 0.143. The van der Waals surface area contributed by atoms with Gasteiger partial charge in [-0.2, -0.15) is 0 Å². The second kappa shape index (κ2) is 7.00. The van der Waals surface area contributed by atoms with Gasteiger partial charge in [0.15, 0.2) is 5.43 Å². The summed E-state index contributed by atoms with van der Waals surface area (Å²) in [6.45, 7) is 1.93. The molecule has 4 aromatic rings. The second-order valence-electron chi connectivity index (χ2n) is 6.78. The van der Waals surface area contributed by atoms with Crippen LogP contribution >= 0.6 is 22.9 Å². The van der Waals surface area contributed by atoms with E-state index in [-0.39, 0.29) is 27.7 Å². The Bertz CT molecular complexity index is 1380. The number of hydrogen-bond donors (Lipinski definition) is 0. The summed E-state index contributed by atoms with van der Waals surface area (Å²) < 4.78 is 19.9. The lowest BCUT2D eigenvalue weighted by molar-refractivity contribution is 0.0970. The Labute approximate surface area is 178 Å². The van der Waals surface area contributed by atoms with Crippen LogP contribution in [0.1, 0.15) is 39.7 Å². The maximum Gasteiger partial charge on any atom is 0.297 e. The van der Waals surface area contributed by atoms with Crippen molar-refractivity contribution >= 4 is 44.9 Å². The van der Waals surface area contributed by atoms with E-state index in [0.717, 1.165) is 5.01 Å². The van der Waals surface area contributed by atoms with E-state index in [1.165, 1.54) is 40.5 Å². The molecule has 2 aromatic carbocycles. The fourth-order valence-electron chi connectivity index (χ4n) is 3.62. The summed E-state index contributed by atoms with van der Waals surface area (Å²) in [6, 6.07) is 9.53. The molecule has 2 aromatic heterocycles. The van der Waals surface area contributed by atoms with Crippen molar-refractivity contribution in [2.75, 3.05) is 4.90 Å². The molecule has 1 aliphatic rings. The number of halogens is 2. The highest BCUT2D eigenvalue weighted by molar-refractivity contribution is 7.15. The molecule has 0 saturated carbocycles. The third-order valence-corrected chi connectivity index (χ3v) is 6.26. The summed E-state index contributed by atoms with van der Waals surface area (Å²) in [7, 11) is 0. The maximum absolute atomic E-state index is 14.0. The molecular weight excluding hydrogens is 429 g/mol. The van der Waals surface area contributed by atoms with Crippen LogP contribution in [0, 0.1) is 5.82 Å². The van der Waals surface area contributed by atoms with E-state index >= 15 is 0 Å². The van der Waals surface area contributed by atoms with Gasteiger partial charge in [-0.25, -0.2) is 4.39 Å². The summed E-state index contributed by atoms with van der Waals surface area (Å²) in [4.78, 5) is 28.1. The molecule has 0 saturated heterocycles. The van der Waals surface area contributed by atoms with Crippen LogP contribution < -0.4 is 10.3 Å². The predicted molar refractivity (Wildman–Crippen MR) is 112 cm³/mol. The predicted octanol–water partition coefficient (Wildman–Crippen LogP) is 4.75. The molecule has 1 aliphatic heterocycles. The van der Waals surface area contributed by atoms with Crippen LogP contribution in [0.3, 0.4) is 0 Å². The monoisotopic (exact) mass is 441 g/mol. The Morgan fingerprint density at radius 3 is 2.77 bits per heavy atom. The van der Waals surface area contributed by atoms with Crippen molar-refractivity contribution in [3.63, 3.8) is 0 Å². The number of nitrogens with zero attached hydrogens (tertiary/aromatic N) is 3. The highest BCUT2D eigenvalue weighted by Crippen LogP contribution is 2.42. The molecular formula is C21H13ClFN3O3S.